The van der Waals surface area contributed by atoms with Gasteiger partial charge >= 0.3 is 0 Å². The summed E-state index contributed by atoms with van der Waals surface area (Å²) in [6.07, 6.45) is 6.01. The van der Waals surface area contributed by atoms with Crippen LogP contribution in [0.5, 0.6) is 0 Å². The monoisotopic (exact) mass is 154 g/mol. The van der Waals surface area contributed by atoms with Gasteiger partial charge in [-0.1, -0.05) is 18.9 Å². The van der Waals surface area contributed by atoms with Gasteiger partial charge in [0, 0.05) is 0 Å². The van der Waals surface area contributed by atoms with E-state index in [2.05, 4.69) is 6.58 Å². The van der Waals surface area contributed by atoms with Crippen LogP contribution in [0.2, 0.25) is 0 Å². The Kier molecular flexibility index (Phi) is 1.55. The molecule has 62 valence electrons. The summed E-state index contributed by atoms with van der Waals surface area (Å²) < 4.78 is 5.50. The molecule has 0 aromatic rings. The summed E-state index contributed by atoms with van der Waals surface area (Å²) in [6, 6.07) is 0. The molecule has 1 heterocycles. The molecule has 0 aromatic carbocycles. The van der Waals surface area contributed by atoms with Crippen LogP contribution in [0.1, 0.15) is 25.7 Å². The number of ether oxygens (including phenoxy) is 1. The highest BCUT2D eigenvalue weighted by molar-refractivity contribution is 5.13. The van der Waals surface area contributed by atoms with Gasteiger partial charge in [-0.05, 0) is 12.8 Å². The Morgan fingerprint density at radius 1 is 1.64 bits per heavy atom. The van der Waals surface area contributed by atoms with Crippen molar-refractivity contribution in [3.8, 4) is 0 Å². The van der Waals surface area contributed by atoms with Crippen LogP contribution in [0.15, 0.2) is 12.7 Å². The third kappa shape index (κ3) is 0.932. The van der Waals surface area contributed by atoms with Crippen LogP contribution >= 0.6 is 0 Å². The first-order valence-electron chi connectivity index (χ1n) is 4.28. The Bertz CT molecular complexity index is 178. The van der Waals surface area contributed by atoms with Gasteiger partial charge in [-0.15, -0.1) is 6.58 Å². The predicted molar refractivity (Wildman–Crippen MR) is 42.3 cm³/mol. The van der Waals surface area contributed by atoms with Crippen LogP contribution in [0, 0.1) is 0 Å². The smallest absolute Gasteiger partial charge is 0.124 e. The SMILES string of the molecule is C=C[C@H](O)[C@@]12CCCC[C@@H]1O2. The van der Waals surface area contributed by atoms with Crippen LogP contribution in [-0.4, -0.2) is 22.9 Å². The van der Waals surface area contributed by atoms with Gasteiger partial charge in [0.05, 0.1) is 6.10 Å². The number of rotatable bonds is 2. The zero-order chi connectivity index (χ0) is 7.90. The van der Waals surface area contributed by atoms with Gasteiger partial charge in [0.15, 0.2) is 0 Å². The van der Waals surface area contributed by atoms with Gasteiger partial charge in [0.25, 0.3) is 0 Å². The van der Waals surface area contributed by atoms with Crippen LogP contribution < -0.4 is 0 Å². The molecule has 0 spiro atoms. The van der Waals surface area contributed by atoms with Crippen molar-refractivity contribution >= 4 is 0 Å². The minimum Gasteiger partial charge on any atom is -0.386 e. The Labute approximate surface area is 66.9 Å². The number of hydrogen-bond acceptors (Lipinski definition) is 2. The molecular weight excluding hydrogens is 140 g/mol. The number of fused-ring (bicyclic) bond motifs is 1. The molecule has 2 rings (SSSR count). The summed E-state index contributed by atoms with van der Waals surface area (Å²) in [5.41, 5.74) is -0.208. The maximum absolute atomic E-state index is 9.54. The maximum atomic E-state index is 9.54. The average molecular weight is 154 g/mol. The van der Waals surface area contributed by atoms with E-state index in [1.807, 2.05) is 0 Å². The lowest BCUT2D eigenvalue weighted by Gasteiger charge is -2.19. The zero-order valence-corrected chi connectivity index (χ0v) is 6.62. The molecule has 1 N–H and O–H groups in total. The first-order chi connectivity index (χ1) is 5.29. The van der Waals surface area contributed by atoms with Crippen molar-refractivity contribution in [3.05, 3.63) is 12.7 Å². The molecule has 1 aliphatic carbocycles. The largest absolute Gasteiger partial charge is 0.386 e. The molecule has 2 heteroatoms. The molecule has 0 radical (unpaired) electrons. The quantitative estimate of drug-likeness (QED) is 0.479. The fourth-order valence-electron chi connectivity index (χ4n) is 2.09. The number of hydrogen-bond donors (Lipinski definition) is 1. The third-order valence-electron chi connectivity index (χ3n) is 2.86. The molecule has 0 amide bonds. The molecule has 2 nitrogen and oxygen atoms in total. The van der Waals surface area contributed by atoms with E-state index in [4.69, 9.17) is 4.74 Å². The highest BCUT2D eigenvalue weighted by Crippen LogP contribution is 2.50. The van der Waals surface area contributed by atoms with Gasteiger partial charge in [-0.3, -0.25) is 0 Å². The van der Waals surface area contributed by atoms with E-state index in [1.54, 1.807) is 6.08 Å². The summed E-state index contributed by atoms with van der Waals surface area (Å²) in [5, 5.41) is 9.54. The summed E-state index contributed by atoms with van der Waals surface area (Å²) in [6.45, 7) is 3.58. The second kappa shape index (κ2) is 2.32. The highest BCUT2D eigenvalue weighted by atomic mass is 16.6. The van der Waals surface area contributed by atoms with Gasteiger partial charge in [-0.2, -0.15) is 0 Å². The molecular formula is C9H14O2. The lowest BCUT2D eigenvalue weighted by Crippen LogP contribution is -2.32. The minimum absolute atomic E-state index is 0.208. The maximum Gasteiger partial charge on any atom is 0.124 e. The molecule has 3 atom stereocenters. The van der Waals surface area contributed by atoms with E-state index in [0.717, 1.165) is 12.8 Å². The Morgan fingerprint density at radius 2 is 2.45 bits per heavy atom. The second-order valence-electron chi connectivity index (χ2n) is 3.49. The van der Waals surface area contributed by atoms with E-state index in [-0.39, 0.29) is 5.60 Å². The van der Waals surface area contributed by atoms with E-state index in [9.17, 15) is 5.11 Å². The van der Waals surface area contributed by atoms with Gasteiger partial charge in [-0.25, -0.2) is 0 Å². The Morgan fingerprint density at radius 3 is 3.09 bits per heavy atom. The first-order valence-corrected chi connectivity index (χ1v) is 4.28. The van der Waals surface area contributed by atoms with E-state index in [1.165, 1.54) is 12.8 Å². The summed E-state index contributed by atoms with van der Waals surface area (Å²) in [7, 11) is 0. The molecule has 1 saturated heterocycles. The summed E-state index contributed by atoms with van der Waals surface area (Å²) in [4.78, 5) is 0. The van der Waals surface area contributed by atoms with Crippen molar-refractivity contribution in [1.82, 2.24) is 0 Å². The number of aliphatic hydroxyl groups is 1. The number of epoxide rings is 1. The molecule has 11 heavy (non-hydrogen) atoms. The van der Waals surface area contributed by atoms with Gasteiger partial charge in [0.1, 0.15) is 11.7 Å². The molecule has 0 unspecified atom stereocenters. The van der Waals surface area contributed by atoms with Crippen molar-refractivity contribution in [1.29, 1.82) is 0 Å². The van der Waals surface area contributed by atoms with Crippen LogP contribution in [0.25, 0.3) is 0 Å². The minimum atomic E-state index is -0.451. The van der Waals surface area contributed by atoms with Crippen molar-refractivity contribution < 1.29 is 9.84 Å². The highest BCUT2D eigenvalue weighted by Gasteiger charge is 2.60. The lowest BCUT2D eigenvalue weighted by molar-refractivity contribution is 0.104. The molecule has 1 saturated carbocycles. The van der Waals surface area contributed by atoms with Crippen molar-refractivity contribution in [2.75, 3.05) is 0 Å². The lowest BCUT2D eigenvalue weighted by atomic mass is 9.85. The topological polar surface area (TPSA) is 32.8 Å². The van der Waals surface area contributed by atoms with Crippen LogP contribution in [-0.2, 0) is 4.74 Å². The average Bonchev–Trinajstić information content (AvgIpc) is 2.78. The van der Waals surface area contributed by atoms with Crippen LogP contribution in [0.3, 0.4) is 0 Å². The standard InChI is InChI=1S/C9H14O2/c1-2-7(10)9-6-4-3-5-8(9)11-9/h2,7-8,10H,1,3-6H2/t7-,8-,9-/m0/s1. The van der Waals surface area contributed by atoms with Crippen molar-refractivity contribution in [3.63, 3.8) is 0 Å². The molecule has 0 aromatic heterocycles. The first kappa shape index (κ1) is 7.32. The fraction of sp³-hybridized carbons (Fsp3) is 0.778. The second-order valence-corrected chi connectivity index (χ2v) is 3.49. The van der Waals surface area contributed by atoms with E-state index >= 15 is 0 Å². The predicted octanol–water partition coefficient (Wildman–Crippen LogP) is 1.24. The van der Waals surface area contributed by atoms with E-state index < -0.39 is 6.10 Å². The molecule has 0 bridgehead atoms. The summed E-state index contributed by atoms with van der Waals surface area (Å²) in [5.74, 6) is 0. The Balaban J connectivity index is 2.06. The van der Waals surface area contributed by atoms with Gasteiger partial charge < -0.3 is 9.84 Å². The van der Waals surface area contributed by atoms with Gasteiger partial charge in [0.2, 0.25) is 0 Å². The number of aliphatic hydroxyl groups excluding tert-OH is 1. The van der Waals surface area contributed by atoms with E-state index in [0.29, 0.717) is 6.10 Å². The fourth-order valence-corrected chi connectivity index (χ4v) is 2.09. The molecule has 2 aliphatic rings. The molecule has 2 fully saturated rings. The zero-order valence-electron chi connectivity index (χ0n) is 6.62. The van der Waals surface area contributed by atoms with Crippen molar-refractivity contribution in [2.24, 2.45) is 0 Å². The normalized spacial score (nSPS) is 44.3. The molecule has 1 aliphatic heterocycles. The van der Waals surface area contributed by atoms with Crippen LogP contribution in [0.4, 0.5) is 0 Å². The third-order valence-corrected chi connectivity index (χ3v) is 2.86. The van der Waals surface area contributed by atoms with Crippen molar-refractivity contribution in [2.45, 2.75) is 43.5 Å². The Hall–Kier alpha value is -0.340. The summed E-state index contributed by atoms with van der Waals surface area (Å²) >= 11 is 0.